The number of nitrogens with zero attached hydrogens (tertiary/aromatic N) is 2. The molecule has 13 heteroatoms. The second-order valence-electron chi connectivity index (χ2n) is 15.5. The summed E-state index contributed by atoms with van der Waals surface area (Å²) in [5, 5.41) is 9.45. The highest BCUT2D eigenvalue weighted by Crippen LogP contribution is 2.48. The number of sulfonamides is 1. The molecule has 3 aliphatic carbocycles. The van der Waals surface area contributed by atoms with Gasteiger partial charge in [-0.3, -0.25) is 19.1 Å². The highest BCUT2D eigenvalue weighted by Gasteiger charge is 2.62. The summed E-state index contributed by atoms with van der Waals surface area (Å²) in [4.78, 5) is 51.7. The van der Waals surface area contributed by atoms with Crippen LogP contribution >= 0.6 is 11.3 Å². The van der Waals surface area contributed by atoms with Crippen molar-refractivity contribution >= 4 is 50.0 Å². The normalized spacial score (nSPS) is 27.5. The van der Waals surface area contributed by atoms with Gasteiger partial charge in [-0.1, -0.05) is 32.4 Å². The number of carbonyl (C=O) groups is 3. The van der Waals surface area contributed by atoms with Crippen LogP contribution in [0.1, 0.15) is 94.4 Å². The Kier molecular flexibility index (Phi) is 10.2. The Balaban J connectivity index is 1.20. The number of carbonyl (C=O) groups excluding carboxylic acids is 3. The molecule has 3 saturated carbocycles. The first-order valence-corrected chi connectivity index (χ1v) is 21.1. The maximum atomic E-state index is 14.3. The van der Waals surface area contributed by atoms with Crippen molar-refractivity contribution in [3.8, 4) is 16.5 Å². The van der Waals surface area contributed by atoms with Gasteiger partial charge in [-0.05, 0) is 100 Å². The van der Waals surface area contributed by atoms with Crippen LogP contribution in [0.4, 0.5) is 0 Å². The molecule has 11 nitrogen and oxygen atoms in total. The number of nitrogens with one attached hydrogen (secondary N) is 3. The molecule has 0 unspecified atom stereocenters. The third-order valence-electron chi connectivity index (χ3n) is 11.3. The number of aryl methyl sites for hydroxylation is 1. The number of amides is 3. The third kappa shape index (κ3) is 7.35. The van der Waals surface area contributed by atoms with E-state index in [2.05, 4.69) is 40.6 Å². The molecule has 52 heavy (non-hydrogen) atoms. The highest BCUT2D eigenvalue weighted by molar-refractivity contribution is 7.91. The minimum Gasteiger partial charge on any atom is -0.496 e. The van der Waals surface area contributed by atoms with Gasteiger partial charge in [0, 0.05) is 40.6 Å². The van der Waals surface area contributed by atoms with Crippen LogP contribution in [0.3, 0.4) is 0 Å². The van der Waals surface area contributed by atoms with Gasteiger partial charge in [-0.25, -0.2) is 18.4 Å². The zero-order valence-corrected chi connectivity index (χ0v) is 32.0. The number of rotatable bonds is 8. The summed E-state index contributed by atoms with van der Waals surface area (Å²) in [6.07, 6.45) is 10.4. The standard InChI is InChI=1S/C39H49N5O6S2/c1-22(2)32-21-51-37(42-32)31-19-25(28-13-14-33(50-4)23(3)34(28)41-31)16-24-17-29-30(18-24)36(46)43-39(38(47)44-52(48,49)27-11-12-27)20-26(39)10-8-6-5-7-9-15-40-35(29)45/h8,10,13-14,19,21-22,24,26-27,29-30H,5-7,9,11-12,15-18,20H2,1-4H3,(H,40,45)(H,43,46)(H,44,47)/b10-8-/t24-,26+,29+,30+,39+/m0/s1. The fourth-order valence-electron chi connectivity index (χ4n) is 7.99. The third-order valence-corrected chi connectivity index (χ3v) is 14.0. The van der Waals surface area contributed by atoms with Gasteiger partial charge in [0.25, 0.3) is 5.91 Å². The zero-order chi connectivity index (χ0) is 36.8. The molecule has 0 bridgehead atoms. The molecule has 3 fully saturated rings. The Hall–Kier alpha value is -3.84. The van der Waals surface area contributed by atoms with E-state index in [-0.39, 0.29) is 29.6 Å². The number of allylic oxidation sites excluding steroid dienone is 1. The molecule has 1 aromatic carbocycles. The second-order valence-corrected chi connectivity index (χ2v) is 18.3. The van der Waals surface area contributed by atoms with Gasteiger partial charge in [-0.2, -0.15) is 0 Å². The van der Waals surface area contributed by atoms with E-state index < -0.39 is 38.6 Å². The molecule has 3 heterocycles. The molecule has 3 amide bonds. The first-order valence-electron chi connectivity index (χ1n) is 18.7. The number of methoxy groups -OCH3 is 1. The molecule has 5 atom stereocenters. The van der Waals surface area contributed by atoms with E-state index in [0.717, 1.165) is 69.9 Å². The Bertz CT molecular complexity index is 2020. The van der Waals surface area contributed by atoms with Gasteiger partial charge >= 0.3 is 0 Å². The van der Waals surface area contributed by atoms with E-state index in [9.17, 15) is 22.8 Å². The van der Waals surface area contributed by atoms with Gasteiger partial charge in [0.05, 0.1) is 29.3 Å². The lowest BCUT2D eigenvalue weighted by atomic mass is 9.93. The quantitative estimate of drug-likeness (QED) is 0.248. The smallest absolute Gasteiger partial charge is 0.259 e. The minimum atomic E-state index is -3.81. The number of benzene rings is 1. The largest absolute Gasteiger partial charge is 0.496 e. The summed E-state index contributed by atoms with van der Waals surface area (Å²) in [5.41, 5.74) is 3.26. The molecule has 7 rings (SSSR count). The van der Waals surface area contributed by atoms with Crippen LogP contribution < -0.4 is 20.1 Å². The molecular weight excluding hydrogens is 699 g/mol. The lowest BCUT2D eigenvalue weighted by Crippen LogP contribution is -2.54. The van der Waals surface area contributed by atoms with E-state index in [4.69, 9.17) is 14.7 Å². The summed E-state index contributed by atoms with van der Waals surface area (Å²) in [7, 11) is -2.16. The lowest BCUT2D eigenvalue weighted by Gasteiger charge is -2.23. The van der Waals surface area contributed by atoms with Crippen LogP contribution in [0.15, 0.2) is 35.7 Å². The van der Waals surface area contributed by atoms with Gasteiger partial charge in [0.15, 0.2) is 0 Å². The molecular formula is C39H49N5O6S2. The average molecular weight is 748 g/mol. The molecule has 1 aliphatic heterocycles. The van der Waals surface area contributed by atoms with Crippen LogP contribution in [0, 0.1) is 30.6 Å². The van der Waals surface area contributed by atoms with E-state index in [1.54, 1.807) is 18.4 Å². The molecule has 3 N–H and O–H groups in total. The average Bonchev–Trinajstić information content (AvgIpc) is 3.98. The second kappa shape index (κ2) is 14.5. The predicted molar refractivity (Wildman–Crippen MR) is 201 cm³/mol. The number of hydrogen-bond acceptors (Lipinski definition) is 9. The molecule has 3 aromatic rings. The topological polar surface area (TPSA) is 156 Å². The molecule has 0 spiro atoms. The van der Waals surface area contributed by atoms with Crippen molar-refractivity contribution in [2.24, 2.45) is 23.7 Å². The summed E-state index contributed by atoms with van der Waals surface area (Å²) in [6, 6.07) is 6.08. The number of aromatic nitrogens is 2. The Morgan fingerprint density at radius 3 is 2.58 bits per heavy atom. The van der Waals surface area contributed by atoms with Crippen molar-refractivity contribution in [1.29, 1.82) is 0 Å². The molecule has 2 aromatic heterocycles. The van der Waals surface area contributed by atoms with Gasteiger partial charge in [0.1, 0.15) is 16.3 Å². The number of fused-ring (bicyclic) bond motifs is 3. The van der Waals surface area contributed by atoms with Gasteiger partial charge in [-0.15, -0.1) is 11.3 Å². The molecule has 0 radical (unpaired) electrons. The monoisotopic (exact) mass is 747 g/mol. The van der Waals surface area contributed by atoms with Gasteiger partial charge < -0.3 is 15.4 Å². The zero-order valence-electron chi connectivity index (χ0n) is 30.4. The molecule has 4 aliphatic rings. The first kappa shape index (κ1) is 36.5. The van der Waals surface area contributed by atoms with Crippen LogP contribution in [-0.2, 0) is 30.8 Å². The molecule has 0 saturated heterocycles. The first-order chi connectivity index (χ1) is 24.9. The summed E-state index contributed by atoms with van der Waals surface area (Å²) < 4.78 is 33.5. The summed E-state index contributed by atoms with van der Waals surface area (Å²) in [5.74, 6) is -1.77. The van der Waals surface area contributed by atoms with E-state index in [0.29, 0.717) is 45.1 Å². The Labute approximate surface area is 309 Å². The van der Waals surface area contributed by atoms with Crippen molar-refractivity contribution in [2.45, 2.75) is 102 Å². The van der Waals surface area contributed by atoms with Crippen molar-refractivity contribution in [3.05, 3.63) is 52.6 Å². The number of pyridine rings is 1. The number of thiazole rings is 1. The van der Waals surface area contributed by atoms with E-state index >= 15 is 0 Å². The van der Waals surface area contributed by atoms with Crippen molar-refractivity contribution in [2.75, 3.05) is 13.7 Å². The number of hydrogen-bond donors (Lipinski definition) is 3. The van der Waals surface area contributed by atoms with Crippen LogP contribution in [0.2, 0.25) is 0 Å². The fraction of sp³-hybridized carbons (Fsp3) is 0.564. The highest BCUT2D eigenvalue weighted by atomic mass is 32.2. The van der Waals surface area contributed by atoms with E-state index in [1.807, 2.05) is 31.2 Å². The minimum absolute atomic E-state index is 0.0105. The van der Waals surface area contributed by atoms with Crippen LogP contribution in [-0.4, -0.2) is 60.6 Å². The maximum Gasteiger partial charge on any atom is 0.259 e. The number of ether oxygens (including phenoxy) is 1. The van der Waals surface area contributed by atoms with Crippen LogP contribution in [0.5, 0.6) is 5.75 Å². The fourth-order valence-corrected chi connectivity index (χ4v) is 10.3. The predicted octanol–water partition coefficient (Wildman–Crippen LogP) is 5.71. The van der Waals surface area contributed by atoms with Crippen LogP contribution in [0.25, 0.3) is 21.6 Å². The summed E-state index contributed by atoms with van der Waals surface area (Å²) >= 11 is 1.57. The van der Waals surface area contributed by atoms with Crippen molar-refractivity contribution in [1.82, 2.24) is 25.3 Å². The van der Waals surface area contributed by atoms with E-state index in [1.165, 1.54) is 0 Å². The summed E-state index contributed by atoms with van der Waals surface area (Å²) in [6.45, 7) is 6.77. The Morgan fingerprint density at radius 2 is 1.87 bits per heavy atom. The SMILES string of the molecule is COc1ccc2c(C[C@H]3C[C@H]4C(=O)NCCCCC/C=C\[C@@H]5C[C@@]5(C(=O)NS(=O)(=O)C5CC5)NC(=O)[C@@H]4C3)cc(-c3nc(C(C)C)cs3)nc2c1C. The lowest BCUT2D eigenvalue weighted by molar-refractivity contribution is -0.136. The maximum absolute atomic E-state index is 14.3. The van der Waals surface area contributed by atoms with Crippen molar-refractivity contribution in [3.63, 3.8) is 0 Å². The van der Waals surface area contributed by atoms with Gasteiger partial charge in [0.2, 0.25) is 21.8 Å². The molecule has 278 valence electrons. The van der Waals surface area contributed by atoms with Crippen molar-refractivity contribution < 1.29 is 27.5 Å². The Morgan fingerprint density at radius 1 is 1.10 bits per heavy atom.